The first-order valence-corrected chi connectivity index (χ1v) is 18.6. The van der Waals surface area contributed by atoms with Crippen molar-refractivity contribution in [2.24, 2.45) is 11.1 Å². The van der Waals surface area contributed by atoms with Gasteiger partial charge >= 0.3 is 6.01 Å². The number of aliphatic hydroxyl groups is 1. The van der Waals surface area contributed by atoms with E-state index in [0.717, 1.165) is 22.8 Å². The van der Waals surface area contributed by atoms with Gasteiger partial charge in [-0.05, 0) is 49.6 Å². The second-order valence-corrected chi connectivity index (χ2v) is 14.6. The Morgan fingerprint density at radius 2 is 1.96 bits per heavy atom. The summed E-state index contributed by atoms with van der Waals surface area (Å²) in [5.74, 6) is 0.504. The predicted octanol–water partition coefficient (Wildman–Crippen LogP) is 7.61. The maximum absolute atomic E-state index is 13.5. The minimum absolute atomic E-state index is 0.0148. The zero-order valence-corrected chi connectivity index (χ0v) is 30.5. The number of aliphatic hydroxyl groups excluding tert-OH is 1. The number of ether oxygens (including phenoxy) is 1. The summed E-state index contributed by atoms with van der Waals surface area (Å²) >= 11 is 19.2. The predicted molar refractivity (Wildman–Crippen MR) is 187 cm³/mol. The number of nitrogens with zero attached hydrogens (tertiary/aromatic N) is 5. The van der Waals surface area contributed by atoms with Crippen LogP contribution in [0.15, 0.2) is 57.5 Å². The summed E-state index contributed by atoms with van der Waals surface area (Å²) in [6.45, 7) is 8.27. The highest BCUT2D eigenvalue weighted by molar-refractivity contribution is 7.99. The van der Waals surface area contributed by atoms with Gasteiger partial charge in [0.25, 0.3) is 15.2 Å². The van der Waals surface area contributed by atoms with Crippen molar-refractivity contribution in [3.8, 4) is 6.01 Å². The maximum Gasteiger partial charge on any atom is 0.322 e. The van der Waals surface area contributed by atoms with Crippen LogP contribution >= 0.6 is 46.6 Å². The van der Waals surface area contributed by atoms with Crippen molar-refractivity contribution in [3.05, 3.63) is 63.2 Å². The van der Waals surface area contributed by atoms with E-state index in [4.69, 9.17) is 44.4 Å². The Morgan fingerprint density at radius 3 is 2.56 bits per heavy atom. The molecule has 0 aliphatic heterocycles. The number of halogens is 4. The summed E-state index contributed by atoms with van der Waals surface area (Å²) in [5.41, 5.74) is 2.10. The van der Waals surface area contributed by atoms with E-state index >= 15 is 0 Å². The molecular weight excluding hydrogens is 730 g/mol. The zero-order chi connectivity index (χ0) is 35.4. The van der Waals surface area contributed by atoms with E-state index < -0.39 is 21.1 Å². The largest absolute Gasteiger partial charge is 0.511 e. The monoisotopic (exact) mass is 764 g/mol. The van der Waals surface area contributed by atoms with Gasteiger partial charge in [0.2, 0.25) is 5.95 Å². The van der Waals surface area contributed by atoms with E-state index in [2.05, 4.69) is 38.8 Å². The van der Waals surface area contributed by atoms with E-state index in [1.165, 1.54) is 17.7 Å². The van der Waals surface area contributed by atoms with Crippen LogP contribution in [0.25, 0.3) is 5.65 Å². The maximum atomic E-state index is 13.5. The fraction of sp³-hybridized carbons (Fsp3) is 0.433. The van der Waals surface area contributed by atoms with Crippen LogP contribution in [0, 0.1) is 11.9 Å². The van der Waals surface area contributed by atoms with Crippen molar-refractivity contribution < 1.29 is 32.3 Å². The average Bonchev–Trinajstić information content (AvgIpc) is 3.46. The van der Waals surface area contributed by atoms with Crippen LogP contribution in [-0.4, -0.2) is 68.8 Å². The zero-order valence-electron chi connectivity index (χ0n) is 26.6. The van der Waals surface area contributed by atoms with Gasteiger partial charge in [0.05, 0.1) is 33.6 Å². The van der Waals surface area contributed by atoms with Crippen LogP contribution in [0.5, 0.6) is 6.01 Å². The Balaban J connectivity index is 0.000000262. The Labute approximate surface area is 297 Å². The summed E-state index contributed by atoms with van der Waals surface area (Å²) in [7, 11) is -4.23. The van der Waals surface area contributed by atoms with Crippen LogP contribution in [0.1, 0.15) is 53.4 Å². The highest BCUT2D eigenvalue weighted by Crippen LogP contribution is 2.33. The van der Waals surface area contributed by atoms with Crippen LogP contribution in [0.4, 0.5) is 10.1 Å². The van der Waals surface area contributed by atoms with Gasteiger partial charge in [0.15, 0.2) is 11.4 Å². The first-order chi connectivity index (χ1) is 22.8. The third-order valence-electron chi connectivity index (χ3n) is 6.66. The molecule has 2 aromatic heterocycles. The number of oxime groups is 1. The lowest BCUT2D eigenvalue weighted by molar-refractivity contribution is -0.116. The summed E-state index contributed by atoms with van der Waals surface area (Å²) in [5, 5.41) is 18.2. The quantitative estimate of drug-likeness (QED) is 0.0724. The Kier molecular flexibility index (Phi) is 15.2. The molecule has 1 aromatic carbocycles. The molecule has 18 heteroatoms. The first-order valence-electron chi connectivity index (χ1n) is 14.9. The Bertz CT molecular complexity index is 1770. The van der Waals surface area contributed by atoms with Gasteiger partial charge in [-0.15, -0.1) is 5.10 Å². The van der Waals surface area contributed by atoms with Gasteiger partial charge in [-0.25, -0.2) is 0 Å². The van der Waals surface area contributed by atoms with E-state index in [1.807, 2.05) is 18.7 Å². The lowest BCUT2D eigenvalue weighted by Gasteiger charge is -2.25. The van der Waals surface area contributed by atoms with Gasteiger partial charge in [0, 0.05) is 29.7 Å². The number of ketones is 1. The number of hydrogen-bond donors (Lipinski definition) is 2. The number of hydrogen-bond acceptors (Lipinski definition) is 11. The molecule has 2 atom stereocenters. The summed E-state index contributed by atoms with van der Waals surface area (Å²) in [6, 6.07) is 5.21. The van der Waals surface area contributed by atoms with Crippen LogP contribution in [0.2, 0.25) is 10.0 Å². The molecule has 3 aromatic rings. The second-order valence-electron chi connectivity index (χ2n) is 10.2. The fourth-order valence-electron chi connectivity index (χ4n) is 4.70. The van der Waals surface area contributed by atoms with Crippen molar-refractivity contribution >= 4 is 79.4 Å². The minimum atomic E-state index is -4.23. The third-order valence-corrected chi connectivity index (χ3v) is 9.69. The van der Waals surface area contributed by atoms with Crippen molar-refractivity contribution in [1.29, 1.82) is 0 Å². The van der Waals surface area contributed by atoms with Crippen LogP contribution < -0.4 is 9.46 Å². The molecule has 262 valence electrons. The smallest absolute Gasteiger partial charge is 0.322 e. The number of aromatic nitrogens is 4. The molecule has 0 spiro atoms. The topological polar surface area (TPSA) is 157 Å². The normalized spacial score (nSPS) is 16.2. The number of thioether (sulfide) groups is 1. The van der Waals surface area contributed by atoms with E-state index in [-0.39, 0.29) is 58.1 Å². The number of carbonyl (C=O) groups is 1. The number of anilines is 1. The molecule has 2 N–H and O–H groups in total. The standard InChI is InChI=1S/C17H26ClNO3S.C13H10Cl2FN5O3S/c1-4-14(19-22-8-6-7-18)17-15(20)10-13(11-16(17)21)9-12(3)23-5-2;1-2-24-13-17-9(16)6-10-18-12(19-21(10)13)25(22,23)20-11-7(14)4-3-5-8(11)15/h6-7,12-13,20H,4-5,8-11H2,1-3H3;3-6,20H,2H2,1H3/b7-6+,19-14+;. The van der Waals surface area contributed by atoms with Crippen LogP contribution in [0.3, 0.4) is 0 Å². The molecule has 0 saturated carbocycles. The number of benzene rings is 1. The lowest BCUT2D eigenvalue weighted by Crippen LogP contribution is -2.26. The van der Waals surface area contributed by atoms with E-state index in [9.17, 15) is 22.7 Å². The van der Waals surface area contributed by atoms with Gasteiger partial charge in [-0.2, -0.15) is 39.1 Å². The second kappa shape index (κ2) is 18.6. The molecule has 1 aliphatic carbocycles. The fourth-order valence-corrected chi connectivity index (χ4v) is 7.34. The SMILES string of the molecule is CCOc1nc(F)cc2nc(S(=O)(=O)Nc3c(Cl)cccc3Cl)nn12.CCSC(C)CC1CC(=O)C(/C(CC)=N/OC/C=C/Cl)=C(O)C1. The number of sulfonamides is 1. The number of carbonyl (C=O) groups excluding carboxylic acids is 1. The first kappa shape index (κ1) is 39.3. The van der Waals surface area contributed by atoms with Crippen molar-refractivity contribution in [2.75, 3.05) is 23.7 Å². The third kappa shape index (κ3) is 10.7. The number of allylic oxidation sites excluding steroid dienone is 2. The highest BCUT2D eigenvalue weighted by atomic mass is 35.5. The molecule has 0 radical (unpaired) electrons. The molecule has 1 aliphatic rings. The Hall–Kier alpha value is -3.11. The number of Topliss-reactive ketones (excluding diaryl/α,β-unsaturated/α-hetero) is 1. The average molecular weight is 766 g/mol. The molecule has 12 nitrogen and oxygen atoms in total. The molecule has 0 amide bonds. The van der Waals surface area contributed by atoms with Crippen molar-refractivity contribution in [3.63, 3.8) is 0 Å². The molecule has 0 saturated heterocycles. The number of fused-ring (bicyclic) bond motifs is 1. The lowest BCUT2D eigenvalue weighted by atomic mass is 9.82. The number of nitrogens with one attached hydrogen (secondary N) is 1. The molecule has 48 heavy (non-hydrogen) atoms. The van der Waals surface area contributed by atoms with Gasteiger partial charge < -0.3 is 14.7 Å². The highest BCUT2D eigenvalue weighted by Gasteiger charge is 2.31. The molecule has 2 heterocycles. The van der Waals surface area contributed by atoms with Crippen LogP contribution in [-0.2, 0) is 19.7 Å². The van der Waals surface area contributed by atoms with Gasteiger partial charge in [0.1, 0.15) is 12.4 Å². The summed E-state index contributed by atoms with van der Waals surface area (Å²) in [4.78, 5) is 24.9. The van der Waals surface area contributed by atoms with Crippen molar-refractivity contribution in [2.45, 2.75) is 63.8 Å². The van der Waals surface area contributed by atoms with Gasteiger partial charge in [-0.3, -0.25) is 9.52 Å². The molecule has 4 rings (SSSR count). The molecule has 2 unspecified atom stereocenters. The molecule has 0 bridgehead atoms. The van der Waals surface area contributed by atoms with E-state index in [1.54, 1.807) is 19.1 Å². The van der Waals surface area contributed by atoms with E-state index in [0.29, 0.717) is 35.8 Å². The number of para-hydroxylation sites is 1. The number of rotatable bonds is 14. The van der Waals surface area contributed by atoms with Gasteiger partial charge in [-0.1, -0.05) is 66.8 Å². The molecule has 0 fully saturated rings. The Morgan fingerprint density at radius 1 is 1.25 bits per heavy atom. The van der Waals surface area contributed by atoms with Crippen molar-refractivity contribution in [1.82, 2.24) is 19.6 Å². The summed E-state index contributed by atoms with van der Waals surface area (Å²) in [6.07, 6.45) is 4.09. The molecular formula is C30H36Cl3FN6O6S2. The summed E-state index contributed by atoms with van der Waals surface area (Å²) < 4.78 is 46.9. The minimum Gasteiger partial charge on any atom is -0.511 e.